The van der Waals surface area contributed by atoms with E-state index in [9.17, 15) is 13.2 Å². The summed E-state index contributed by atoms with van der Waals surface area (Å²) in [7, 11) is -3.56. The first kappa shape index (κ1) is 12.7. The summed E-state index contributed by atoms with van der Waals surface area (Å²) >= 11 is 0. The van der Waals surface area contributed by atoms with Gasteiger partial charge in [0.05, 0.1) is 12.1 Å². The summed E-state index contributed by atoms with van der Waals surface area (Å²) in [5.41, 5.74) is 0.909. The van der Waals surface area contributed by atoms with Crippen LogP contribution in [0.3, 0.4) is 0 Å². The van der Waals surface area contributed by atoms with E-state index in [1.165, 1.54) is 0 Å². The topological polar surface area (TPSA) is 118 Å². The van der Waals surface area contributed by atoms with E-state index in [-0.39, 0.29) is 18.1 Å². The second-order valence-electron chi connectivity index (χ2n) is 3.29. The molecule has 0 unspecified atom stereocenters. The van der Waals surface area contributed by atoms with Crippen molar-refractivity contribution < 1.29 is 13.2 Å². The zero-order valence-corrected chi connectivity index (χ0v) is 9.46. The highest BCUT2D eigenvalue weighted by Crippen LogP contribution is 1.91. The minimum absolute atomic E-state index is 0.109. The van der Waals surface area contributed by atoms with Gasteiger partial charge in [-0.15, -0.1) is 0 Å². The molecule has 0 atom stereocenters. The lowest BCUT2D eigenvalue weighted by Gasteiger charge is -2.03. The molecule has 90 valence electrons. The van der Waals surface area contributed by atoms with Crippen LogP contribution in [0, 0.1) is 0 Å². The Hall–Kier alpha value is -1.41. The summed E-state index contributed by atoms with van der Waals surface area (Å²) in [5, 5.41) is 7.36. The van der Waals surface area contributed by atoms with E-state index in [0.29, 0.717) is 13.0 Å². The van der Waals surface area contributed by atoms with Crippen molar-refractivity contribution in [3.8, 4) is 0 Å². The van der Waals surface area contributed by atoms with Crippen LogP contribution in [0.2, 0.25) is 0 Å². The van der Waals surface area contributed by atoms with E-state index >= 15 is 0 Å². The molecule has 0 aliphatic heterocycles. The predicted molar refractivity (Wildman–Crippen MR) is 57.9 cm³/mol. The molecule has 0 spiro atoms. The van der Waals surface area contributed by atoms with E-state index in [4.69, 9.17) is 5.14 Å². The molecule has 0 radical (unpaired) electrons. The number of rotatable bonds is 6. The number of nitrogens with two attached hydrogens (primary N) is 1. The van der Waals surface area contributed by atoms with Crippen LogP contribution in [0.1, 0.15) is 12.1 Å². The number of carbonyl (C=O) groups excluding carboxylic acids is 1. The number of aromatic amines is 1. The van der Waals surface area contributed by atoms with E-state index in [2.05, 4.69) is 15.3 Å². The smallest absolute Gasteiger partial charge is 0.221 e. The molecular formula is C8H14N4O3S. The number of carbonyl (C=O) groups is 1. The molecule has 8 heteroatoms. The number of sulfonamides is 1. The number of hydrogen-bond acceptors (Lipinski definition) is 4. The first-order valence-electron chi connectivity index (χ1n) is 4.72. The van der Waals surface area contributed by atoms with Crippen molar-refractivity contribution in [1.82, 2.24) is 15.3 Å². The highest BCUT2D eigenvalue weighted by molar-refractivity contribution is 7.89. The van der Waals surface area contributed by atoms with Gasteiger partial charge < -0.3 is 10.3 Å². The zero-order valence-electron chi connectivity index (χ0n) is 8.64. The van der Waals surface area contributed by atoms with E-state index in [1.807, 2.05) is 0 Å². The lowest BCUT2D eigenvalue weighted by Crippen LogP contribution is -2.29. The zero-order chi connectivity index (χ0) is 12.0. The minimum atomic E-state index is -3.56. The largest absolute Gasteiger partial charge is 0.356 e. The molecule has 1 aromatic heterocycles. The number of amides is 1. The predicted octanol–water partition coefficient (Wildman–Crippen LogP) is -1.25. The lowest BCUT2D eigenvalue weighted by atomic mass is 10.3. The minimum Gasteiger partial charge on any atom is -0.356 e. The molecule has 1 heterocycles. The fourth-order valence-electron chi connectivity index (χ4n) is 1.08. The normalized spacial score (nSPS) is 11.3. The molecule has 1 rings (SSSR count). The molecule has 0 aliphatic rings. The third-order valence-corrected chi connectivity index (χ3v) is 2.66. The Morgan fingerprint density at radius 2 is 2.31 bits per heavy atom. The van der Waals surface area contributed by atoms with Crippen molar-refractivity contribution in [3.63, 3.8) is 0 Å². The highest BCUT2D eigenvalue weighted by Gasteiger charge is 2.07. The summed E-state index contributed by atoms with van der Waals surface area (Å²) in [5.74, 6) is -0.656. The van der Waals surface area contributed by atoms with Gasteiger partial charge in [0.1, 0.15) is 0 Å². The first-order valence-corrected chi connectivity index (χ1v) is 6.43. The average Bonchev–Trinajstić information content (AvgIpc) is 2.66. The van der Waals surface area contributed by atoms with Crippen molar-refractivity contribution in [2.24, 2.45) is 5.14 Å². The van der Waals surface area contributed by atoms with Gasteiger partial charge in [0, 0.05) is 31.3 Å². The van der Waals surface area contributed by atoms with Crippen molar-refractivity contribution in [3.05, 3.63) is 18.2 Å². The van der Waals surface area contributed by atoms with Gasteiger partial charge in [0.25, 0.3) is 0 Å². The van der Waals surface area contributed by atoms with Gasteiger partial charge in [-0.25, -0.2) is 18.5 Å². The molecular weight excluding hydrogens is 232 g/mol. The molecule has 1 aromatic rings. The van der Waals surface area contributed by atoms with Gasteiger partial charge in [0.15, 0.2) is 0 Å². The van der Waals surface area contributed by atoms with E-state index in [0.717, 1.165) is 5.69 Å². The second kappa shape index (κ2) is 5.61. The molecule has 0 fully saturated rings. The van der Waals surface area contributed by atoms with Crippen LogP contribution in [0.15, 0.2) is 12.5 Å². The highest BCUT2D eigenvalue weighted by atomic mass is 32.2. The Bertz CT molecular complexity index is 426. The maximum Gasteiger partial charge on any atom is 0.221 e. The molecule has 7 nitrogen and oxygen atoms in total. The van der Waals surface area contributed by atoms with Crippen LogP contribution >= 0.6 is 0 Å². The number of imidazole rings is 1. The van der Waals surface area contributed by atoms with Crippen LogP contribution in [0.4, 0.5) is 0 Å². The maximum absolute atomic E-state index is 11.2. The average molecular weight is 246 g/mol. The monoisotopic (exact) mass is 246 g/mol. The molecule has 1 amide bonds. The second-order valence-corrected chi connectivity index (χ2v) is 5.03. The summed E-state index contributed by atoms with van der Waals surface area (Å²) in [4.78, 5) is 17.9. The Morgan fingerprint density at radius 3 is 2.88 bits per heavy atom. The molecule has 0 bridgehead atoms. The standard InChI is InChI=1S/C8H14N4O3S/c9-16(14,15)4-2-8(13)11-3-1-7-5-10-6-12-7/h5-6H,1-4H2,(H,10,12)(H,11,13)(H2,9,14,15). The molecule has 16 heavy (non-hydrogen) atoms. The number of nitrogens with one attached hydrogen (secondary N) is 2. The van der Waals surface area contributed by atoms with E-state index in [1.54, 1.807) is 12.5 Å². The van der Waals surface area contributed by atoms with Gasteiger partial charge in [0.2, 0.25) is 15.9 Å². The quantitative estimate of drug-likeness (QED) is 0.581. The van der Waals surface area contributed by atoms with Crippen LogP contribution < -0.4 is 10.5 Å². The van der Waals surface area contributed by atoms with Gasteiger partial charge in [-0.1, -0.05) is 0 Å². The van der Waals surface area contributed by atoms with Crippen LogP contribution in [-0.2, 0) is 21.2 Å². The fraction of sp³-hybridized carbons (Fsp3) is 0.500. The number of nitrogens with zero attached hydrogens (tertiary/aromatic N) is 1. The molecule has 0 aliphatic carbocycles. The van der Waals surface area contributed by atoms with Crippen molar-refractivity contribution >= 4 is 15.9 Å². The number of H-pyrrole nitrogens is 1. The van der Waals surface area contributed by atoms with E-state index < -0.39 is 10.0 Å². The van der Waals surface area contributed by atoms with Gasteiger partial charge >= 0.3 is 0 Å². The molecule has 0 aromatic carbocycles. The maximum atomic E-state index is 11.2. The van der Waals surface area contributed by atoms with Crippen molar-refractivity contribution in [2.75, 3.05) is 12.3 Å². The van der Waals surface area contributed by atoms with Crippen molar-refractivity contribution in [2.45, 2.75) is 12.8 Å². The third-order valence-electron chi connectivity index (χ3n) is 1.89. The first-order chi connectivity index (χ1) is 7.47. The number of primary sulfonamides is 1. The van der Waals surface area contributed by atoms with Crippen LogP contribution in [0.5, 0.6) is 0 Å². The van der Waals surface area contributed by atoms with Crippen LogP contribution in [-0.4, -0.2) is 36.6 Å². The van der Waals surface area contributed by atoms with Crippen LogP contribution in [0.25, 0.3) is 0 Å². The Balaban J connectivity index is 2.16. The summed E-state index contributed by atoms with van der Waals surface area (Å²) in [6.07, 6.45) is 3.73. The molecule has 0 saturated carbocycles. The summed E-state index contributed by atoms with van der Waals surface area (Å²) < 4.78 is 21.2. The number of aromatic nitrogens is 2. The number of hydrogen-bond donors (Lipinski definition) is 3. The van der Waals surface area contributed by atoms with Gasteiger partial charge in [-0.05, 0) is 0 Å². The lowest BCUT2D eigenvalue weighted by molar-refractivity contribution is -0.120. The van der Waals surface area contributed by atoms with Gasteiger partial charge in [-0.2, -0.15) is 0 Å². The Kier molecular flexibility index (Phi) is 4.44. The Morgan fingerprint density at radius 1 is 1.56 bits per heavy atom. The Labute approximate surface area is 93.5 Å². The van der Waals surface area contributed by atoms with Gasteiger partial charge in [-0.3, -0.25) is 4.79 Å². The van der Waals surface area contributed by atoms with Crippen molar-refractivity contribution in [1.29, 1.82) is 0 Å². The third kappa shape index (κ3) is 5.47. The summed E-state index contributed by atoms with van der Waals surface area (Å²) in [6, 6.07) is 0. The SMILES string of the molecule is NS(=O)(=O)CCC(=O)NCCc1cnc[nH]1. The molecule has 0 saturated heterocycles. The fourth-order valence-corrected chi connectivity index (χ4v) is 1.55. The molecule has 4 N–H and O–H groups in total. The summed E-state index contributed by atoms with van der Waals surface area (Å²) in [6.45, 7) is 0.436.